The van der Waals surface area contributed by atoms with E-state index in [-0.39, 0.29) is 11.9 Å². The second kappa shape index (κ2) is 8.14. The number of hydrogen-bond acceptors (Lipinski definition) is 6. The van der Waals surface area contributed by atoms with Crippen LogP contribution in [0.1, 0.15) is 19.3 Å². The average Bonchev–Trinajstić information content (AvgIpc) is 3.13. The third kappa shape index (κ3) is 3.81. The quantitative estimate of drug-likeness (QED) is 0.461. The zero-order chi connectivity index (χ0) is 21.4. The van der Waals surface area contributed by atoms with Gasteiger partial charge in [0.25, 0.3) is 0 Å². The second-order valence-electron chi connectivity index (χ2n) is 7.48. The topological polar surface area (TPSA) is 93.4 Å². The van der Waals surface area contributed by atoms with Gasteiger partial charge in [-0.1, -0.05) is 15.9 Å². The molecule has 1 atom stereocenters. The van der Waals surface area contributed by atoms with Crippen molar-refractivity contribution in [2.45, 2.75) is 25.3 Å². The summed E-state index contributed by atoms with van der Waals surface area (Å²) in [6.07, 6.45) is 2.68. The van der Waals surface area contributed by atoms with Gasteiger partial charge in [-0.05, 0) is 61.7 Å². The number of nitrogens with zero attached hydrogens (tertiary/aromatic N) is 4. The van der Waals surface area contributed by atoms with Gasteiger partial charge in [-0.2, -0.15) is 4.52 Å². The predicted molar refractivity (Wildman–Crippen MR) is 122 cm³/mol. The van der Waals surface area contributed by atoms with E-state index < -0.39 is 0 Å². The molecule has 0 unspecified atom stereocenters. The molecular weight excluding hydrogens is 460 g/mol. The smallest absolute Gasteiger partial charge is 0.242 e. The summed E-state index contributed by atoms with van der Waals surface area (Å²) in [6.45, 7) is 0.704. The first-order chi connectivity index (χ1) is 15.1. The molecule has 158 valence electrons. The Morgan fingerprint density at radius 3 is 2.81 bits per heavy atom. The Hall–Kier alpha value is -3.20. The van der Waals surface area contributed by atoms with E-state index in [0.29, 0.717) is 24.0 Å². The number of methoxy groups -OCH3 is 1. The van der Waals surface area contributed by atoms with E-state index in [1.54, 1.807) is 11.6 Å². The fourth-order valence-electron chi connectivity index (χ4n) is 3.77. The third-order valence-corrected chi connectivity index (χ3v) is 5.91. The van der Waals surface area contributed by atoms with Gasteiger partial charge in [0.2, 0.25) is 11.9 Å². The summed E-state index contributed by atoms with van der Waals surface area (Å²) < 4.78 is 7.86. The number of rotatable bonds is 4. The summed E-state index contributed by atoms with van der Waals surface area (Å²) in [7, 11) is 1.63. The van der Waals surface area contributed by atoms with Crippen molar-refractivity contribution in [2.24, 2.45) is 0 Å². The number of halogens is 1. The standard InChI is InChI=1S/C22H21BrN6O2/c1-31-15-8-5-13(6-9-15)19-27-20-16-10-7-14(23)12-18(16)26-22(29(20)28-19)25-17-4-2-3-11-24-21(17)30/h5-10,12,17H,2-4,11H2,1H3,(H,24,30)(H,25,26)/t17-/m1/s1. The van der Waals surface area contributed by atoms with Crippen molar-refractivity contribution in [3.8, 4) is 17.1 Å². The first kappa shape index (κ1) is 19.7. The first-order valence-corrected chi connectivity index (χ1v) is 11.0. The van der Waals surface area contributed by atoms with E-state index in [1.807, 2.05) is 42.5 Å². The molecular formula is C22H21BrN6O2. The van der Waals surface area contributed by atoms with Gasteiger partial charge in [0.1, 0.15) is 11.8 Å². The largest absolute Gasteiger partial charge is 0.497 e. The number of hydrogen-bond donors (Lipinski definition) is 2. The molecule has 3 heterocycles. The number of aromatic nitrogens is 4. The zero-order valence-corrected chi connectivity index (χ0v) is 18.5. The van der Waals surface area contributed by atoms with E-state index >= 15 is 0 Å². The minimum absolute atomic E-state index is 0.0164. The van der Waals surface area contributed by atoms with Crippen molar-refractivity contribution in [1.29, 1.82) is 0 Å². The van der Waals surface area contributed by atoms with Crippen molar-refractivity contribution in [3.05, 3.63) is 46.9 Å². The molecule has 0 aliphatic carbocycles. The molecule has 1 fully saturated rings. The Labute approximate surface area is 187 Å². The van der Waals surface area contributed by atoms with E-state index in [4.69, 9.17) is 19.8 Å². The van der Waals surface area contributed by atoms with E-state index in [0.717, 1.165) is 46.0 Å². The van der Waals surface area contributed by atoms with Gasteiger partial charge in [-0.25, -0.2) is 9.97 Å². The summed E-state index contributed by atoms with van der Waals surface area (Å²) >= 11 is 3.52. The van der Waals surface area contributed by atoms with Crippen LogP contribution in [-0.4, -0.2) is 45.2 Å². The zero-order valence-electron chi connectivity index (χ0n) is 16.9. The maximum Gasteiger partial charge on any atom is 0.242 e. The summed E-state index contributed by atoms with van der Waals surface area (Å²) in [4.78, 5) is 22.1. The van der Waals surface area contributed by atoms with Crippen LogP contribution in [0.4, 0.5) is 5.95 Å². The molecule has 2 aromatic carbocycles. The van der Waals surface area contributed by atoms with Crippen molar-refractivity contribution in [2.75, 3.05) is 19.0 Å². The molecule has 0 saturated carbocycles. The highest BCUT2D eigenvalue weighted by Crippen LogP contribution is 2.27. The number of benzene rings is 2. The second-order valence-corrected chi connectivity index (χ2v) is 8.40. The number of ether oxygens (including phenoxy) is 1. The van der Waals surface area contributed by atoms with Crippen LogP contribution in [0.2, 0.25) is 0 Å². The molecule has 2 aromatic heterocycles. The molecule has 5 rings (SSSR count). The van der Waals surface area contributed by atoms with Gasteiger partial charge >= 0.3 is 0 Å². The molecule has 1 aliphatic heterocycles. The lowest BCUT2D eigenvalue weighted by Gasteiger charge is -2.16. The Balaban J connectivity index is 1.65. The molecule has 2 N–H and O–H groups in total. The highest BCUT2D eigenvalue weighted by Gasteiger charge is 2.23. The number of carbonyl (C=O) groups is 1. The van der Waals surface area contributed by atoms with Crippen LogP contribution < -0.4 is 15.4 Å². The van der Waals surface area contributed by atoms with Crippen molar-refractivity contribution in [1.82, 2.24) is 24.9 Å². The van der Waals surface area contributed by atoms with Gasteiger partial charge in [0.05, 0.1) is 12.6 Å². The Morgan fingerprint density at radius 1 is 1.16 bits per heavy atom. The van der Waals surface area contributed by atoms with Crippen LogP contribution in [0.5, 0.6) is 5.75 Å². The van der Waals surface area contributed by atoms with Gasteiger partial charge < -0.3 is 15.4 Å². The van der Waals surface area contributed by atoms with Crippen molar-refractivity contribution >= 4 is 44.3 Å². The van der Waals surface area contributed by atoms with Crippen LogP contribution in [0.25, 0.3) is 27.9 Å². The van der Waals surface area contributed by atoms with Crippen LogP contribution in [-0.2, 0) is 4.79 Å². The maximum absolute atomic E-state index is 12.5. The Morgan fingerprint density at radius 2 is 2.00 bits per heavy atom. The summed E-state index contributed by atoms with van der Waals surface area (Å²) in [5.41, 5.74) is 2.32. The number of fused-ring (bicyclic) bond motifs is 3. The summed E-state index contributed by atoms with van der Waals surface area (Å²) in [5, 5.41) is 11.9. The predicted octanol–water partition coefficient (Wildman–Crippen LogP) is 3.80. The van der Waals surface area contributed by atoms with E-state index in [9.17, 15) is 4.79 Å². The average molecular weight is 481 g/mol. The lowest BCUT2D eigenvalue weighted by molar-refractivity contribution is -0.121. The SMILES string of the molecule is COc1ccc(-c2nc3c4ccc(Br)cc4nc(N[C@@H]4CCCCNC4=O)n3n2)cc1. The molecule has 0 bridgehead atoms. The van der Waals surface area contributed by atoms with E-state index in [2.05, 4.69) is 26.6 Å². The Kier molecular flexibility index (Phi) is 5.19. The Bertz CT molecular complexity index is 1270. The number of anilines is 1. The molecule has 0 radical (unpaired) electrons. The molecule has 1 amide bonds. The maximum atomic E-state index is 12.5. The van der Waals surface area contributed by atoms with E-state index in [1.165, 1.54) is 0 Å². The highest BCUT2D eigenvalue weighted by molar-refractivity contribution is 9.10. The molecule has 9 heteroatoms. The van der Waals surface area contributed by atoms with Crippen molar-refractivity contribution < 1.29 is 9.53 Å². The van der Waals surface area contributed by atoms with Crippen LogP contribution >= 0.6 is 15.9 Å². The van der Waals surface area contributed by atoms with Crippen molar-refractivity contribution in [3.63, 3.8) is 0 Å². The molecule has 4 aromatic rings. The van der Waals surface area contributed by atoms with Crippen LogP contribution in [0, 0.1) is 0 Å². The fourth-order valence-corrected chi connectivity index (χ4v) is 4.12. The molecule has 8 nitrogen and oxygen atoms in total. The number of carbonyl (C=O) groups excluding carboxylic acids is 1. The summed E-state index contributed by atoms with van der Waals surface area (Å²) in [6, 6.07) is 13.1. The molecule has 0 spiro atoms. The first-order valence-electron chi connectivity index (χ1n) is 10.2. The normalized spacial score (nSPS) is 16.8. The molecule has 31 heavy (non-hydrogen) atoms. The molecule has 1 aliphatic rings. The highest BCUT2D eigenvalue weighted by atomic mass is 79.9. The third-order valence-electron chi connectivity index (χ3n) is 5.42. The van der Waals surface area contributed by atoms with Gasteiger partial charge in [-0.3, -0.25) is 4.79 Å². The van der Waals surface area contributed by atoms with Gasteiger partial charge in [0.15, 0.2) is 11.5 Å². The monoisotopic (exact) mass is 480 g/mol. The van der Waals surface area contributed by atoms with Crippen LogP contribution in [0.15, 0.2) is 46.9 Å². The van der Waals surface area contributed by atoms with Gasteiger partial charge in [0, 0.05) is 22.0 Å². The van der Waals surface area contributed by atoms with Gasteiger partial charge in [-0.15, -0.1) is 5.10 Å². The lowest BCUT2D eigenvalue weighted by Crippen LogP contribution is -2.38. The molecule has 1 saturated heterocycles. The minimum Gasteiger partial charge on any atom is -0.497 e. The number of amides is 1. The summed E-state index contributed by atoms with van der Waals surface area (Å²) in [5.74, 6) is 1.83. The lowest BCUT2D eigenvalue weighted by atomic mass is 10.1. The fraction of sp³-hybridized carbons (Fsp3) is 0.273. The minimum atomic E-state index is -0.364. The van der Waals surface area contributed by atoms with Crippen LogP contribution in [0.3, 0.4) is 0 Å². The number of nitrogens with one attached hydrogen (secondary N) is 2.